The Hall–Kier alpha value is -7.95. The van der Waals surface area contributed by atoms with E-state index in [1.165, 1.54) is 22.7 Å². The standard InChI is InChI=1S/C49H43N7O9/c1-30(57)51-47-53-44-42(45(54-47)65-49(61)56(32-17-7-3-8-18-32)33-19-9-4-10-20-33)50-29-55(44)46-43(59)41(39(64-46)25-26-40(58)62-27-31-15-5-2-6-16-31)52-48(60)63-28-38-36-23-13-11-21-34(36)35-22-12-14-24-37(35)38/h2-24,29,38-39,41,43,46,59H,25-28H2,1H3,(H,52,60)(H,51,53,54,57)/t39-,41-,43-,46-/m1/s1. The van der Waals surface area contributed by atoms with Crippen molar-refractivity contribution >= 4 is 52.5 Å². The van der Waals surface area contributed by atoms with Gasteiger partial charge in [-0.15, -0.1) is 0 Å². The molecule has 1 aliphatic carbocycles. The van der Waals surface area contributed by atoms with Gasteiger partial charge in [0.05, 0.1) is 29.8 Å². The van der Waals surface area contributed by atoms with Crippen LogP contribution in [-0.4, -0.2) is 73.5 Å². The van der Waals surface area contributed by atoms with Gasteiger partial charge in [0.25, 0.3) is 5.88 Å². The molecule has 0 radical (unpaired) electrons. The summed E-state index contributed by atoms with van der Waals surface area (Å²) in [4.78, 5) is 67.8. The number of carbonyl (C=O) groups excluding carboxylic acids is 4. The summed E-state index contributed by atoms with van der Waals surface area (Å²) < 4.78 is 25.1. The number of fused-ring (bicyclic) bond motifs is 4. The Morgan fingerprint density at radius 1 is 0.769 bits per heavy atom. The zero-order valence-corrected chi connectivity index (χ0v) is 35.0. The first-order chi connectivity index (χ1) is 31.7. The van der Waals surface area contributed by atoms with Gasteiger partial charge in [-0.1, -0.05) is 115 Å². The summed E-state index contributed by atoms with van der Waals surface area (Å²) in [7, 11) is 0. The summed E-state index contributed by atoms with van der Waals surface area (Å²) in [6, 6.07) is 41.8. The summed E-state index contributed by atoms with van der Waals surface area (Å²) >= 11 is 0. The number of benzene rings is 5. The van der Waals surface area contributed by atoms with Crippen LogP contribution in [0.1, 0.15) is 48.6 Å². The monoisotopic (exact) mass is 873 g/mol. The zero-order valence-electron chi connectivity index (χ0n) is 35.0. The molecule has 1 saturated heterocycles. The maximum absolute atomic E-state index is 14.1. The van der Waals surface area contributed by atoms with Crippen molar-refractivity contribution in [3.05, 3.63) is 163 Å². The lowest BCUT2D eigenvalue weighted by Crippen LogP contribution is -2.47. The van der Waals surface area contributed by atoms with Gasteiger partial charge in [0.15, 0.2) is 17.4 Å². The molecule has 328 valence electrons. The number of hydrogen-bond donors (Lipinski definition) is 3. The maximum atomic E-state index is 14.1. The summed E-state index contributed by atoms with van der Waals surface area (Å²) in [6.07, 6.45) is -4.09. The van der Waals surface area contributed by atoms with E-state index in [0.717, 1.165) is 27.8 Å². The van der Waals surface area contributed by atoms with Crippen molar-refractivity contribution in [2.75, 3.05) is 16.8 Å². The number of aromatic nitrogens is 4. The third kappa shape index (κ3) is 9.11. The van der Waals surface area contributed by atoms with Crippen LogP contribution in [0.15, 0.2) is 146 Å². The summed E-state index contributed by atoms with van der Waals surface area (Å²) in [5.74, 6) is -1.75. The molecule has 9 rings (SSSR count). The minimum atomic E-state index is -1.46. The molecule has 0 saturated carbocycles. The summed E-state index contributed by atoms with van der Waals surface area (Å²) in [5, 5.41) is 17.4. The molecule has 5 aromatic carbocycles. The molecule has 4 atom stereocenters. The highest BCUT2D eigenvalue weighted by atomic mass is 16.6. The number of aliphatic hydroxyl groups is 1. The van der Waals surface area contributed by atoms with Crippen molar-refractivity contribution in [1.82, 2.24) is 24.8 Å². The highest BCUT2D eigenvalue weighted by Crippen LogP contribution is 2.44. The van der Waals surface area contributed by atoms with Crippen LogP contribution in [0.4, 0.5) is 26.9 Å². The molecule has 0 spiro atoms. The normalized spacial score (nSPS) is 17.4. The number of aliphatic hydroxyl groups excluding tert-OH is 1. The van der Waals surface area contributed by atoms with Crippen molar-refractivity contribution in [1.29, 1.82) is 0 Å². The molecule has 2 aliphatic rings. The van der Waals surface area contributed by atoms with Gasteiger partial charge in [0.1, 0.15) is 19.3 Å². The first-order valence-corrected chi connectivity index (χ1v) is 21.0. The topological polar surface area (TPSA) is 196 Å². The van der Waals surface area contributed by atoms with Gasteiger partial charge in [0, 0.05) is 19.3 Å². The Morgan fingerprint density at radius 3 is 2.00 bits per heavy atom. The van der Waals surface area contributed by atoms with Crippen LogP contribution in [0.25, 0.3) is 22.3 Å². The summed E-state index contributed by atoms with van der Waals surface area (Å²) in [5.41, 5.74) is 6.05. The molecule has 65 heavy (non-hydrogen) atoms. The van der Waals surface area contributed by atoms with Gasteiger partial charge in [0.2, 0.25) is 11.9 Å². The molecule has 3 heterocycles. The highest BCUT2D eigenvalue weighted by Gasteiger charge is 2.47. The average Bonchev–Trinajstić information content (AvgIpc) is 3.99. The van der Waals surface area contributed by atoms with Gasteiger partial charge in [-0.3, -0.25) is 19.5 Å². The van der Waals surface area contributed by atoms with Crippen LogP contribution >= 0.6 is 0 Å². The molecule has 3 amide bonds. The van der Waals surface area contributed by atoms with Crippen molar-refractivity contribution in [3.8, 4) is 17.0 Å². The van der Waals surface area contributed by atoms with Crippen LogP contribution in [0, 0.1) is 0 Å². The Balaban J connectivity index is 0.987. The Bertz CT molecular complexity index is 2760. The predicted octanol–water partition coefficient (Wildman–Crippen LogP) is 7.81. The van der Waals surface area contributed by atoms with Crippen molar-refractivity contribution < 1.29 is 43.2 Å². The molecule has 0 unspecified atom stereocenters. The van der Waals surface area contributed by atoms with E-state index in [1.54, 1.807) is 48.5 Å². The quantitative estimate of drug-likeness (QED) is 0.0953. The number of nitrogens with one attached hydrogen (secondary N) is 2. The fourth-order valence-electron chi connectivity index (χ4n) is 8.25. The fourth-order valence-corrected chi connectivity index (χ4v) is 8.25. The predicted molar refractivity (Wildman–Crippen MR) is 238 cm³/mol. The lowest BCUT2D eigenvalue weighted by atomic mass is 9.98. The zero-order chi connectivity index (χ0) is 44.9. The Morgan fingerprint density at radius 2 is 1.37 bits per heavy atom. The molecule has 1 aliphatic heterocycles. The van der Waals surface area contributed by atoms with E-state index in [9.17, 15) is 24.3 Å². The highest BCUT2D eigenvalue weighted by molar-refractivity contribution is 5.98. The second-order valence-corrected chi connectivity index (χ2v) is 15.5. The smallest absolute Gasteiger partial charge is 0.425 e. The molecule has 3 N–H and O–H groups in total. The SMILES string of the molecule is CC(=O)Nc1nc(OC(=O)N(c2ccccc2)c2ccccc2)c2ncn([C@@H]3O[C@H](CCC(=O)OCc4ccccc4)[C@@H](NC(=O)OCC4c5ccccc5-c5ccccc54)[C@H]3O)c2n1. The number of nitrogens with zero attached hydrogens (tertiary/aromatic N) is 5. The second kappa shape index (κ2) is 18.8. The maximum Gasteiger partial charge on any atom is 0.425 e. The van der Waals surface area contributed by atoms with Crippen LogP contribution in [-0.2, 0) is 30.4 Å². The molecule has 2 aromatic heterocycles. The lowest BCUT2D eigenvalue weighted by molar-refractivity contribution is -0.146. The molecule has 0 bridgehead atoms. The van der Waals surface area contributed by atoms with Gasteiger partial charge in [-0.05, 0) is 58.5 Å². The largest absolute Gasteiger partial charge is 0.461 e. The number of carbonyl (C=O) groups is 4. The van der Waals surface area contributed by atoms with Gasteiger partial charge >= 0.3 is 18.2 Å². The minimum Gasteiger partial charge on any atom is -0.461 e. The number of ether oxygens (including phenoxy) is 4. The number of imidazole rings is 1. The van der Waals surface area contributed by atoms with Gasteiger partial charge in [-0.2, -0.15) is 9.97 Å². The number of alkyl carbamates (subject to hydrolysis) is 1. The van der Waals surface area contributed by atoms with E-state index < -0.39 is 48.5 Å². The number of para-hydroxylation sites is 2. The van der Waals surface area contributed by atoms with E-state index in [4.69, 9.17) is 18.9 Å². The van der Waals surface area contributed by atoms with Crippen molar-refractivity contribution in [3.63, 3.8) is 0 Å². The molecule has 16 heteroatoms. The summed E-state index contributed by atoms with van der Waals surface area (Å²) in [6.45, 7) is 1.35. The molecule has 7 aromatic rings. The van der Waals surface area contributed by atoms with Crippen molar-refractivity contribution in [2.24, 2.45) is 0 Å². The third-order valence-electron chi connectivity index (χ3n) is 11.2. The van der Waals surface area contributed by atoms with Crippen molar-refractivity contribution in [2.45, 2.75) is 56.8 Å². The van der Waals surface area contributed by atoms with E-state index in [0.29, 0.717) is 11.4 Å². The molecule has 16 nitrogen and oxygen atoms in total. The fraction of sp³-hybridized carbons (Fsp3) is 0.204. The van der Waals surface area contributed by atoms with Gasteiger partial charge in [-0.25, -0.2) is 19.5 Å². The van der Waals surface area contributed by atoms with Crippen LogP contribution in [0.2, 0.25) is 0 Å². The Labute approximate surface area is 372 Å². The number of amides is 3. The second-order valence-electron chi connectivity index (χ2n) is 15.5. The van der Waals surface area contributed by atoms with Crippen LogP contribution in [0.5, 0.6) is 5.88 Å². The first-order valence-electron chi connectivity index (χ1n) is 21.0. The lowest BCUT2D eigenvalue weighted by Gasteiger charge is -2.22. The minimum absolute atomic E-state index is 0.00156. The molecular weight excluding hydrogens is 831 g/mol. The first kappa shape index (κ1) is 42.4. The average molecular weight is 874 g/mol. The van der Waals surface area contributed by atoms with E-state index in [2.05, 4.69) is 25.6 Å². The molecular formula is C49H43N7O9. The number of anilines is 3. The van der Waals surface area contributed by atoms with E-state index in [-0.39, 0.29) is 55.0 Å². The van der Waals surface area contributed by atoms with Crippen LogP contribution in [0.3, 0.4) is 0 Å². The van der Waals surface area contributed by atoms with Crippen LogP contribution < -0.4 is 20.3 Å². The van der Waals surface area contributed by atoms with E-state index >= 15 is 0 Å². The Kier molecular flexibility index (Phi) is 12.3. The van der Waals surface area contributed by atoms with E-state index in [1.807, 2.05) is 91.0 Å². The number of rotatable bonds is 13. The molecule has 1 fully saturated rings. The number of hydrogen-bond acceptors (Lipinski definition) is 12. The van der Waals surface area contributed by atoms with Gasteiger partial charge < -0.3 is 29.4 Å². The number of esters is 1. The third-order valence-corrected chi connectivity index (χ3v) is 11.2.